The molecule has 0 saturated carbocycles. The summed E-state index contributed by atoms with van der Waals surface area (Å²) in [6, 6.07) is 0. The lowest BCUT2D eigenvalue weighted by Gasteiger charge is -2.34. The van der Waals surface area contributed by atoms with Crippen molar-refractivity contribution in [3.8, 4) is 0 Å². The van der Waals surface area contributed by atoms with Gasteiger partial charge in [-0.05, 0) is 6.92 Å². The van der Waals surface area contributed by atoms with Gasteiger partial charge >= 0.3 is 12.3 Å². The van der Waals surface area contributed by atoms with Crippen molar-refractivity contribution in [1.82, 2.24) is 9.80 Å². The Bertz CT molecular complexity index is 237. The van der Waals surface area contributed by atoms with Crippen molar-refractivity contribution in [2.45, 2.75) is 13.1 Å². The molecule has 1 rings (SSSR count). The molecule has 1 saturated heterocycles. The van der Waals surface area contributed by atoms with Crippen molar-refractivity contribution in [3.63, 3.8) is 0 Å². The lowest BCUT2D eigenvalue weighted by molar-refractivity contribution is -0.148. The summed E-state index contributed by atoms with van der Waals surface area (Å²) in [5.41, 5.74) is 0. The summed E-state index contributed by atoms with van der Waals surface area (Å²) in [5.74, 6) is 0. The highest BCUT2D eigenvalue weighted by Gasteiger charge is 2.32. The van der Waals surface area contributed by atoms with Crippen LogP contribution in [0.2, 0.25) is 0 Å². The van der Waals surface area contributed by atoms with Gasteiger partial charge in [0.15, 0.2) is 0 Å². The number of halogens is 3. The van der Waals surface area contributed by atoms with E-state index in [1.165, 1.54) is 9.80 Å². The summed E-state index contributed by atoms with van der Waals surface area (Å²) in [6.45, 7) is 2.10. The van der Waals surface area contributed by atoms with Crippen LogP contribution in [-0.4, -0.2) is 61.4 Å². The van der Waals surface area contributed by atoms with Crippen LogP contribution in [0.1, 0.15) is 6.92 Å². The number of carbonyl (C=O) groups is 1. The molecule has 1 heterocycles. The largest absolute Gasteiger partial charge is 0.450 e. The van der Waals surface area contributed by atoms with E-state index in [2.05, 4.69) is 0 Å². The first-order chi connectivity index (χ1) is 7.42. The molecule has 1 amide bonds. The molecule has 1 fully saturated rings. The molecule has 0 atom stereocenters. The highest BCUT2D eigenvalue weighted by molar-refractivity contribution is 5.67. The Balaban J connectivity index is 2.31. The van der Waals surface area contributed by atoms with Crippen LogP contribution >= 0.6 is 0 Å². The Labute approximate surface area is 91.9 Å². The summed E-state index contributed by atoms with van der Waals surface area (Å²) in [5, 5.41) is 0. The summed E-state index contributed by atoms with van der Waals surface area (Å²) < 4.78 is 41.0. The Morgan fingerprint density at radius 2 is 1.81 bits per heavy atom. The van der Waals surface area contributed by atoms with Crippen molar-refractivity contribution in [1.29, 1.82) is 0 Å². The molecule has 16 heavy (non-hydrogen) atoms. The van der Waals surface area contributed by atoms with Gasteiger partial charge in [0, 0.05) is 26.2 Å². The van der Waals surface area contributed by atoms with Gasteiger partial charge in [-0.1, -0.05) is 0 Å². The van der Waals surface area contributed by atoms with Crippen LogP contribution in [-0.2, 0) is 4.74 Å². The van der Waals surface area contributed by atoms with Gasteiger partial charge in [0.2, 0.25) is 0 Å². The van der Waals surface area contributed by atoms with Gasteiger partial charge < -0.3 is 9.64 Å². The standard InChI is InChI=1S/C9H15F3N2O2/c1-2-16-8(15)14-5-3-13(4-6-14)7-9(10,11)12/h2-7H2,1H3. The third-order valence-electron chi connectivity index (χ3n) is 2.30. The predicted octanol–water partition coefficient (Wildman–Crippen LogP) is 1.32. The molecule has 94 valence electrons. The van der Waals surface area contributed by atoms with E-state index < -0.39 is 18.8 Å². The Morgan fingerprint density at radius 1 is 1.25 bits per heavy atom. The highest BCUT2D eigenvalue weighted by atomic mass is 19.4. The van der Waals surface area contributed by atoms with Crippen molar-refractivity contribution < 1.29 is 22.7 Å². The molecular weight excluding hydrogens is 225 g/mol. The van der Waals surface area contributed by atoms with E-state index in [4.69, 9.17) is 4.74 Å². The first-order valence-corrected chi connectivity index (χ1v) is 5.13. The van der Waals surface area contributed by atoms with Gasteiger partial charge in [-0.3, -0.25) is 4.90 Å². The number of rotatable bonds is 2. The van der Waals surface area contributed by atoms with Crippen LogP contribution in [0.5, 0.6) is 0 Å². The Hall–Kier alpha value is -0.980. The summed E-state index contributed by atoms with van der Waals surface area (Å²) in [4.78, 5) is 14.0. The zero-order chi connectivity index (χ0) is 12.2. The van der Waals surface area contributed by atoms with Crippen LogP contribution < -0.4 is 0 Å². The van der Waals surface area contributed by atoms with E-state index in [0.29, 0.717) is 0 Å². The second-order valence-electron chi connectivity index (χ2n) is 3.58. The van der Waals surface area contributed by atoms with E-state index in [9.17, 15) is 18.0 Å². The van der Waals surface area contributed by atoms with E-state index >= 15 is 0 Å². The minimum absolute atomic E-state index is 0.234. The summed E-state index contributed by atoms with van der Waals surface area (Å²) in [6.07, 6.45) is -4.62. The maximum Gasteiger partial charge on any atom is 0.409 e. The van der Waals surface area contributed by atoms with Crippen molar-refractivity contribution in [3.05, 3.63) is 0 Å². The molecule has 0 unspecified atom stereocenters. The van der Waals surface area contributed by atoms with Gasteiger partial charge in [0.05, 0.1) is 13.2 Å². The fourth-order valence-electron chi connectivity index (χ4n) is 1.56. The van der Waals surface area contributed by atoms with Crippen LogP contribution in [0.25, 0.3) is 0 Å². The molecular formula is C9H15F3N2O2. The predicted molar refractivity (Wildman–Crippen MR) is 51.1 cm³/mol. The average molecular weight is 240 g/mol. The molecule has 0 aromatic heterocycles. The Kier molecular flexibility index (Phi) is 4.40. The van der Waals surface area contributed by atoms with Gasteiger partial charge in [-0.25, -0.2) is 4.79 Å². The SMILES string of the molecule is CCOC(=O)N1CCN(CC(F)(F)F)CC1. The van der Waals surface area contributed by atoms with Gasteiger partial charge in [0.25, 0.3) is 0 Å². The fraction of sp³-hybridized carbons (Fsp3) is 0.889. The number of carbonyl (C=O) groups excluding carboxylic acids is 1. The van der Waals surface area contributed by atoms with Crippen molar-refractivity contribution in [2.24, 2.45) is 0 Å². The smallest absolute Gasteiger partial charge is 0.409 e. The second kappa shape index (κ2) is 5.38. The van der Waals surface area contributed by atoms with Crippen molar-refractivity contribution >= 4 is 6.09 Å². The third kappa shape index (κ3) is 4.26. The van der Waals surface area contributed by atoms with Gasteiger partial charge in [-0.15, -0.1) is 0 Å². The minimum Gasteiger partial charge on any atom is -0.450 e. The molecule has 0 bridgehead atoms. The maximum atomic E-state index is 12.1. The first-order valence-electron chi connectivity index (χ1n) is 5.13. The van der Waals surface area contributed by atoms with Crippen LogP contribution in [0.4, 0.5) is 18.0 Å². The lowest BCUT2D eigenvalue weighted by atomic mass is 10.3. The Morgan fingerprint density at radius 3 is 2.25 bits per heavy atom. The lowest BCUT2D eigenvalue weighted by Crippen LogP contribution is -2.51. The van der Waals surface area contributed by atoms with Crippen LogP contribution in [0.15, 0.2) is 0 Å². The molecule has 4 nitrogen and oxygen atoms in total. The quantitative estimate of drug-likeness (QED) is 0.729. The summed E-state index contributed by atoms with van der Waals surface area (Å²) >= 11 is 0. The molecule has 0 radical (unpaired) electrons. The first kappa shape index (κ1) is 13.1. The minimum atomic E-state index is -4.17. The van der Waals surface area contributed by atoms with E-state index in [1.807, 2.05) is 0 Å². The average Bonchev–Trinajstić information content (AvgIpc) is 2.16. The number of hydrogen-bond acceptors (Lipinski definition) is 3. The van der Waals surface area contributed by atoms with E-state index in [0.717, 1.165) is 0 Å². The molecule has 7 heteroatoms. The molecule has 0 aromatic rings. The topological polar surface area (TPSA) is 32.8 Å². The molecule has 1 aliphatic rings. The molecule has 1 aliphatic heterocycles. The molecule has 0 N–H and O–H groups in total. The zero-order valence-electron chi connectivity index (χ0n) is 9.09. The number of alkyl halides is 3. The molecule has 0 spiro atoms. The number of piperazine rings is 1. The highest BCUT2D eigenvalue weighted by Crippen LogP contribution is 2.17. The normalized spacial score (nSPS) is 18.6. The van der Waals surface area contributed by atoms with Crippen molar-refractivity contribution in [2.75, 3.05) is 39.3 Å². The number of hydrogen-bond donors (Lipinski definition) is 0. The number of amides is 1. The molecule has 0 aromatic carbocycles. The fourth-order valence-corrected chi connectivity index (χ4v) is 1.56. The third-order valence-corrected chi connectivity index (χ3v) is 2.30. The number of ether oxygens (including phenoxy) is 1. The summed E-state index contributed by atoms with van der Waals surface area (Å²) in [7, 11) is 0. The van der Waals surface area contributed by atoms with Crippen LogP contribution in [0.3, 0.4) is 0 Å². The molecule has 0 aliphatic carbocycles. The van der Waals surface area contributed by atoms with Gasteiger partial charge in [-0.2, -0.15) is 13.2 Å². The number of nitrogens with zero attached hydrogens (tertiary/aromatic N) is 2. The zero-order valence-corrected chi connectivity index (χ0v) is 9.09. The second-order valence-corrected chi connectivity index (χ2v) is 3.58. The van der Waals surface area contributed by atoms with Crippen LogP contribution in [0, 0.1) is 0 Å². The van der Waals surface area contributed by atoms with E-state index in [-0.39, 0.29) is 32.8 Å². The van der Waals surface area contributed by atoms with Gasteiger partial charge in [0.1, 0.15) is 0 Å². The van der Waals surface area contributed by atoms with E-state index in [1.54, 1.807) is 6.92 Å². The monoisotopic (exact) mass is 240 g/mol. The maximum absolute atomic E-state index is 12.1.